The quantitative estimate of drug-likeness (QED) is 0.123. The second-order valence-corrected chi connectivity index (χ2v) is 26.6. The van der Waals surface area contributed by atoms with Crippen LogP contribution in [-0.4, -0.2) is 0 Å². The summed E-state index contributed by atoms with van der Waals surface area (Å²) in [6.45, 7) is 54.4. The molecule has 5 rings (SSSR count). The molecule has 0 spiro atoms. The molecule has 0 heteroatoms. The maximum absolute atomic E-state index is 2.45. The number of hydrogen-bond acceptors (Lipinski definition) is 0. The van der Waals surface area contributed by atoms with Gasteiger partial charge in [0.15, 0.2) is 0 Å². The molecule has 0 N–H and O–H groups in total. The van der Waals surface area contributed by atoms with Gasteiger partial charge in [-0.25, -0.2) is 0 Å². The summed E-state index contributed by atoms with van der Waals surface area (Å²) >= 11 is 0. The first kappa shape index (κ1) is 93.6. The van der Waals surface area contributed by atoms with Gasteiger partial charge < -0.3 is 0 Å². The van der Waals surface area contributed by atoms with Crippen molar-refractivity contribution < 1.29 is 0 Å². The lowest BCUT2D eigenvalue weighted by Gasteiger charge is -2.22. The van der Waals surface area contributed by atoms with Gasteiger partial charge in [0, 0.05) is 0 Å². The maximum atomic E-state index is 2.45. The van der Waals surface area contributed by atoms with Gasteiger partial charge in [-0.15, -0.1) is 0 Å². The second-order valence-electron chi connectivity index (χ2n) is 26.6. The van der Waals surface area contributed by atoms with Crippen molar-refractivity contribution >= 4 is 0 Å². The highest BCUT2D eigenvalue weighted by molar-refractivity contribution is 5.15. The summed E-state index contributed by atoms with van der Waals surface area (Å²) in [6.07, 6.45) is 36.3. The van der Waals surface area contributed by atoms with Crippen LogP contribution in [0, 0.1) is 76.9 Å². The molecule has 2 aromatic carbocycles. The van der Waals surface area contributed by atoms with Crippen LogP contribution in [0.1, 0.15) is 348 Å². The van der Waals surface area contributed by atoms with Crippen LogP contribution in [0.15, 0.2) is 72.3 Å². The molecule has 0 saturated heterocycles. The lowest BCUT2D eigenvalue weighted by Crippen LogP contribution is -2.08. The van der Waals surface area contributed by atoms with Gasteiger partial charge in [-0.2, -0.15) is 0 Å². The highest BCUT2D eigenvalue weighted by Crippen LogP contribution is 2.30. The van der Waals surface area contributed by atoms with Crippen LogP contribution in [0.5, 0.6) is 0 Å². The van der Waals surface area contributed by atoms with E-state index >= 15 is 0 Å². The van der Waals surface area contributed by atoms with E-state index in [0.29, 0.717) is 0 Å². The van der Waals surface area contributed by atoms with Crippen LogP contribution in [0.4, 0.5) is 0 Å². The smallest absolute Gasteiger partial charge is 0.0256 e. The molecule has 2 fully saturated rings. The van der Waals surface area contributed by atoms with Crippen molar-refractivity contribution in [1.29, 1.82) is 0 Å². The second kappa shape index (κ2) is 65.3. The van der Waals surface area contributed by atoms with Crippen molar-refractivity contribution in [2.24, 2.45) is 76.9 Å². The number of benzene rings is 2. The molecule has 0 aromatic heterocycles. The van der Waals surface area contributed by atoms with Gasteiger partial charge >= 0.3 is 0 Å². The summed E-state index contributed by atoms with van der Waals surface area (Å²) in [5.41, 5.74) is 4.59. The minimum absolute atomic E-state index is 0. The van der Waals surface area contributed by atoms with E-state index in [0.717, 1.165) is 76.9 Å². The molecular weight excluding hydrogens is 949 g/mol. The number of allylic oxidation sites excluding steroid dienone is 2. The van der Waals surface area contributed by atoms with E-state index in [1.54, 1.807) is 5.57 Å². The fraction of sp³-hybridized carbons (Fsp3) is 0.823. The zero-order chi connectivity index (χ0) is 58.0. The predicted molar refractivity (Wildman–Crippen MR) is 378 cm³/mol. The summed E-state index contributed by atoms with van der Waals surface area (Å²) in [7, 11) is 0. The molecule has 476 valence electrons. The normalized spacial score (nSPS) is 14.8. The molecule has 3 atom stereocenters. The fourth-order valence-electron chi connectivity index (χ4n) is 10.4. The van der Waals surface area contributed by atoms with Gasteiger partial charge in [-0.05, 0) is 146 Å². The van der Waals surface area contributed by atoms with Crippen LogP contribution >= 0.6 is 0 Å². The van der Waals surface area contributed by atoms with E-state index in [1.165, 1.54) is 165 Å². The van der Waals surface area contributed by atoms with Crippen molar-refractivity contribution in [1.82, 2.24) is 0 Å². The molecule has 79 heavy (non-hydrogen) atoms. The molecule has 0 amide bonds. The van der Waals surface area contributed by atoms with Crippen LogP contribution in [0.3, 0.4) is 0 Å². The Balaban J connectivity index is -0.000000120. The largest absolute Gasteiger partial charge is 0.0853 e. The molecule has 0 bridgehead atoms. The minimum Gasteiger partial charge on any atom is -0.0853 e. The van der Waals surface area contributed by atoms with E-state index in [2.05, 4.69) is 219 Å². The summed E-state index contributed by atoms with van der Waals surface area (Å²) in [6, 6.07) is 21.2. The molecule has 2 aromatic rings. The van der Waals surface area contributed by atoms with Crippen LogP contribution in [0.2, 0.25) is 0 Å². The Bertz CT molecular complexity index is 1330. The fourth-order valence-corrected chi connectivity index (χ4v) is 10.4. The van der Waals surface area contributed by atoms with Crippen molar-refractivity contribution in [2.75, 3.05) is 0 Å². The van der Waals surface area contributed by atoms with Gasteiger partial charge in [0.1, 0.15) is 0 Å². The summed E-state index contributed by atoms with van der Waals surface area (Å²) in [5, 5.41) is 0. The summed E-state index contributed by atoms with van der Waals surface area (Å²) in [4.78, 5) is 0. The number of hydrogen-bond donors (Lipinski definition) is 0. The highest BCUT2D eigenvalue weighted by atomic mass is 14.2. The molecule has 0 radical (unpaired) electrons. The Morgan fingerprint density at radius 2 is 0.747 bits per heavy atom. The van der Waals surface area contributed by atoms with Crippen molar-refractivity contribution in [3.8, 4) is 0 Å². The van der Waals surface area contributed by atoms with Gasteiger partial charge in [-0.1, -0.05) is 365 Å². The van der Waals surface area contributed by atoms with E-state index in [4.69, 9.17) is 0 Å². The first-order chi connectivity index (χ1) is 35.5. The summed E-state index contributed by atoms with van der Waals surface area (Å²) < 4.78 is 0. The molecule has 3 aliphatic carbocycles. The van der Waals surface area contributed by atoms with E-state index in [1.807, 2.05) is 13.8 Å². The SMILES string of the molecule is C.C.C.C.CC.CC(C)CC1=CCCCC1.CC(C)CC1CCCC1.CC(C)CC1CCCCC1.CC(C)Cc1ccccc1.CC(C)Cc1ccccc1.CCC(C)C(C)C.CCCC(C)C(C)C.CCCC(CC)C(C)C. The maximum Gasteiger partial charge on any atom is -0.0256 e. The third kappa shape index (κ3) is 66.9. The van der Waals surface area contributed by atoms with E-state index in [-0.39, 0.29) is 29.7 Å². The number of rotatable bonds is 19. The lowest BCUT2D eigenvalue weighted by atomic mass is 9.84. The molecule has 0 aliphatic heterocycles. The van der Waals surface area contributed by atoms with Gasteiger partial charge in [0.2, 0.25) is 0 Å². The molecule has 3 aliphatic rings. The van der Waals surface area contributed by atoms with Gasteiger partial charge in [0.25, 0.3) is 0 Å². The Labute approximate surface area is 507 Å². The van der Waals surface area contributed by atoms with Gasteiger partial charge in [-0.3, -0.25) is 0 Å². The standard InChI is InChI=1S/C10H20.C10H18.2C10H14.C9H18.C9H20.C8H18.C7H16.C2H6.4CH4/c4*1-9(2)8-10-6-4-3-5-7-10;1-8(2)7-9-5-3-4-6-9;1-5-7-9(6-2)8(3)4;1-5-6-8(4)7(2)3;1-5-7(4)6(2)3;1-2;;;;/h9-10H,3-8H2,1-2H3;6,9H,3-5,7-8H2,1-2H3;2*3-7,9H,8H2,1-2H3;8-9H,3-7H2,1-2H3;8-9H,5-7H2,1-4H3;7-8H,5-6H2,1-4H3;6-7H,5H2,1-4H3;1-2H3;4*1H4. The Kier molecular flexibility index (Phi) is 77.4. The van der Waals surface area contributed by atoms with Crippen molar-refractivity contribution in [2.45, 2.75) is 350 Å². The zero-order valence-electron chi connectivity index (χ0n) is 56.3. The third-order valence-electron chi connectivity index (χ3n) is 15.6. The Hall–Kier alpha value is -1.82. The van der Waals surface area contributed by atoms with Crippen molar-refractivity contribution in [3.05, 3.63) is 83.4 Å². The predicted octanol–water partition coefficient (Wildman–Crippen LogP) is 28.9. The monoisotopic (exact) mass is 1110 g/mol. The first-order valence-electron chi connectivity index (χ1n) is 33.3. The van der Waals surface area contributed by atoms with Gasteiger partial charge in [0.05, 0.1) is 0 Å². The van der Waals surface area contributed by atoms with Crippen LogP contribution in [0.25, 0.3) is 0 Å². The molecule has 3 unspecified atom stereocenters. The van der Waals surface area contributed by atoms with Crippen molar-refractivity contribution in [3.63, 3.8) is 0 Å². The Morgan fingerprint density at radius 1 is 0.380 bits per heavy atom. The van der Waals surface area contributed by atoms with Crippen LogP contribution in [-0.2, 0) is 12.8 Å². The first-order valence-corrected chi connectivity index (χ1v) is 33.3. The molecule has 0 nitrogen and oxygen atoms in total. The summed E-state index contributed by atoms with van der Waals surface area (Å²) in [5.74, 6) is 11.8. The average Bonchev–Trinajstić information content (AvgIpc) is 3.88. The molecular formula is C79H160. The zero-order valence-corrected chi connectivity index (χ0v) is 56.3. The molecule has 2 saturated carbocycles. The lowest BCUT2D eigenvalue weighted by molar-refractivity contribution is 0.305. The van der Waals surface area contributed by atoms with E-state index < -0.39 is 0 Å². The van der Waals surface area contributed by atoms with E-state index in [9.17, 15) is 0 Å². The third-order valence-corrected chi connectivity index (χ3v) is 15.6. The van der Waals surface area contributed by atoms with Crippen LogP contribution < -0.4 is 0 Å². The Morgan fingerprint density at radius 3 is 0.975 bits per heavy atom. The molecule has 0 heterocycles. The highest BCUT2D eigenvalue weighted by Gasteiger charge is 2.16. The topological polar surface area (TPSA) is 0 Å². The minimum atomic E-state index is 0. The average molecular weight is 1110 g/mol.